The number of likely N-dealkylation sites (tertiary alicyclic amines) is 1. The van der Waals surface area contributed by atoms with Crippen molar-refractivity contribution in [1.29, 1.82) is 0 Å². The molecule has 0 spiro atoms. The largest absolute Gasteiger partial charge is 0.450 e. The molecule has 0 bridgehead atoms. The molecule has 3 heterocycles. The highest BCUT2D eigenvalue weighted by Crippen LogP contribution is 2.22. The molecule has 2 fully saturated rings. The summed E-state index contributed by atoms with van der Waals surface area (Å²) in [5, 5.41) is 11.6. The van der Waals surface area contributed by atoms with E-state index in [1.54, 1.807) is 11.1 Å². The van der Waals surface area contributed by atoms with Crippen molar-refractivity contribution < 1.29 is 9.53 Å². The molecule has 8 nitrogen and oxygen atoms in total. The van der Waals surface area contributed by atoms with Crippen molar-refractivity contribution in [2.45, 2.75) is 45.6 Å². The van der Waals surface area contributed by atoms with Gasteiger partial charge in [-0.05, 0) is 38.5 Å². The van der Waals surface area contributed by atoms with Gasteiger partial charge in [0.1, 0.15) is 0 Å². The van der Waals surface area contributed by atoms with E-state index in [2.05, 4.69) is 32.3 Å². The third-order valence-corrected chi connectivity index (χ3v) is 4.88. The number of ether oxygens (including phenoxy) is 1. The van der Waals surface area contributed by atoms with Crippen LogP contribution in [-0.4, -0.2) is 65.0 Å². The summed E-state index contributed by atoms with van der Waals surface area (Å²) in [4.78, 5) is 20.4. The number of nitrogens with zero attached hydrogens (tertiary/aromatic N) is 5. The lowest BCUT2D eigenvalue weighted by molar-refractivity contribution is 0.0983. The van der Waals surface area contributed by atoms with Crippen LogP contribution >= 0.6 is 0 Å². The summed E-state index contributed by atoms with van der Waals surface area (Å²) < 4.78 is 5.05. The Hall–Kier alpha value is -2.12. The standard InChI is InChI=1S/C17H28N6O2/c1-3-25-17(24)22-9-6-14(7-10-22)19-16-20-15(11-18-21-16)23-8-4-5-13(2)12-23/h11,13-14H,3-10,12H2,1-2H3,(H,19,20,21). The smallest absolute Gasteiger partial charge is 0.409 e. The highest BCUT2D eigenvalue weighted by molar-refractivity contribution is 5.67. The summed E-state index contributed by atoms with van der Waals surface area (Å²) in [6.07, 6.45) is 5.70. The van der Waals surface area contributed by atoms with Gasteiger partial charge < -0.3 is 19.9 Å². The van der Waals surface area contributed by atoms with Gasteiger partial charge in [0.15, 0.2) is 5.82 Å². The predicted molar refractivity (Wildman–Crippen MR) is 95.7 cm³/mol. The van der Waals surface area contributed by atoms with Crippen molar-refractivity contribution in [3.8, 4) is 0 Å². The van der Waals surface area contributed by atoms with Crippen LogP contribution < -0.4 is 10.2 Å². The lowest BCUT2D eigenvalue weighted by atomic mass is 10.0. The molecule has 0 aliphatic carbocycles. The second kappa shape index (κ2) is 8.31. The van der Waals surface area contributed by atoms with Crippen molar-refractivity contribution in [2.75, 3.05) is 43.0 Å². The number of aromatic nitrogens is 3. The maximum absolute atomic E-state index is 11.8. The quantitative estimate of drug-likeness (QED) is 0.892. The predicted octanol–water partition coefficient (Wildman–Crippen LogP) is 2.14. The first-order valence-electron chi connectivity index (χ1n) is 9.28. The molecule has 1 atom stereocenters. The van der Waals surface area contributed by atoms with E-state index < -0.39 is 0 Å². The molecule has 138 valence electrons. The summed E-state index contributed by atoms with van der Waals surface area (Å²) >= 11 is 0. The number of piperidine rings is 2. The lowest BCUT2D eigenvalue weighted by Crippen LogP contribution is -2.43. The number of nitrogens with one attached hydrogen (secondary N) is 1. The zero-order valence-corrected chi connectivity index (χ0v) is 15.1. The number of hydrogen-bond donors (Lipinski definition) is 1. The van der Waals surface area contributed by atoms with E-state index in [1.165, 1.54) is 12.8 Å². The van der Waals surface area contributed by atoms with E-state index >= 15 is 0 Å². The number of carbonyl (C=O) groups excluding carboxylic acids is 1. The third kappa shape index (κ3) is 4.70. The molecule has 2 saturated heterocycles. The Morgan fingerprint density at radius 2 is 2.12 bits per heavy atom. The molecular formula is C17H28N6O2. The summed E-state index contributed by atoms with van der Waals surface area (Å²) in [5.41, 5.74) is 0. The minimum atomic E-state index is -0.222. The van der Waals surface area contributed by atoms with Crippen LogP contribution in [0.5, 0.6) is 0 Å². The van der Waals surface area contributed by atoms with Crippen molar-refractivity contribution >= 4 is 17.9 Å². The molecular weight excluding hydrogens is 320 g/mol. The van der Waals surface area contributed by atoms with Crippen LogP contribution in [0.2, 0.25) is 0 Å². The third-order valence-electron chi connectivity index (χ3n) is 4.88. The van der Waals surface area contributed by atoms with Gasteiger partial charge in [0, 0.05) is 32.2 Å². The van der Waals surface area contributed by atoms with Gasteiger partial charge in [-0.1, -0.05) is 6.92 Å². The van der Waals surface area contributed by atoms with Crippen LogP contribution in [0.1, 0.15) is 39.5 Å². The fourth-order valence-corrected chi connectivity index (χ4v) is 3.51. The molecule has 0 saturated carbocycles. The molecule has 8 heteroatoms. The van der Waals surface area contributed by atoms with Gasteiger partial charge in [0.25, 0.3) is 0 Å². The molecule has 25 heavy (non-hydrogen) atoms. The maximum atomic E-state index is 11.8. The molecule has 1 aromatic rings. The number of anilines is 2. The Bertz CT molecular complexity index is 576. The first kappa shape index (κ1) is 17.7. The molecule has 2 aliphatic rings. The monoisotopic (exact) mass is 348 g/mol. The van der Waals surface area contributed by atoms with Crippen LogP contribution in [0.15, 0.2) is 6.20 Å². The molecule has 0 aromatic carbocycles. The number of amides is 1. The Kier molecular flexibility index (Phi) is 5.88. The summed E-state index contributed by atoms with van der Waals surface area (Å²) in [7, 11) is 0. The van der Waals surface area contributed by atoms with Gasteiger partial charge in [0.05, 0.1) is 12.8 Å². The molecule has 1 amide bonds. The van der Waals surface area contributed by atoms with Crippen LogP contribution in [-0.2, 0) is 4.74 Å². The van der Waals surface area contributed by atoms with Gasteiger partial charge in [-0.25, -0.2) is 4.79 Å². The summed E-state index contributed by atoms with van der Waals surface area (Å²) in [6.45, 7) is 7.94. The molecule has 1 unspecified atom stereocenters. The van der Waals surface area contributed by atoms with Crippen molar-refractivity contribution in [2.24, 2.45) is 5.92 Å². The van der Waals surface area contributed by atoms with Gasteiger partial charge in [-0.2, -0.15) is 10.1 Å². The van der Waals surface area contributed by atoms with Crippen molar-refractivity contribution in [3.63, 3.8) is 0 Å². The Morgan fingerprint density at radius 3 is 2.84 bits per heavy atom. The fourth-order valence-electron chi connectivity index (χ4n) is 3.51. The molecule has 3 rings (SSSR count). The van der Waals surface area contributed by atoms with Gasteiger partial charge in [-0.3, -0.25) is 0 Å². The number of hydrogen-bond acceptors (Lipinski definition) is 7. The van der Waals surface area contributed by atoms with E-state index in [0.29, 0.717) is 31.6 Å². The fraction of sp³-hybridized carbons (Fsp3) is 0.765. The highest BCUT2D eigenvalue weighted by Gasteiger charge is 2.24. The Balaban J connectivity index is 1.54. The first-order valence-corrected chi connectivity index (χ1v) is 9.28. The van der Waals surface area contributed by atoms with E-state index in [9.17, 15) is 4.79 Å². The van der Waals surface area contributed by atoms with E-state index in [1.807, 2.05) is 6.92 Å². The van der Waals surface area contributed by atoms with E-state index in [0.717, 1.165) is 31.7 Å². The lowest BCUT2D eigenvalue weighted by Gasteiger charge is -2.32. The highest BCUT2D eigenvalue weighted by atomic mass is 16.6. The maximum Gasteiger partial charge on any atom is 0.409 e. The average molecular weight is 348 g/mol. The second-order valence-corrected chi connectivity index (χ2v) is 6.94. The molecule has 1 N–H and O–H groups in total. The summed E-state index contributed by atoms with van der Waals surface area (Å²) in [5.74, 6) is 2.16. The zero-order valence-electron chi connectivity index (χ0n) is 15.1. The Labute approximate surface area is 149 Å². The second-order valence-electron chi connectivity index (χ2n) is 6.94. The van der Waals surface area contributed by atoms with Crippen LogP contribution in [0.25, 0.3) is 0 Å². The van der Waals surface area contributed by atoms with Crippen molar-refractivity contribution in [3.05, 3.63) is 6.20 Å². The van der Waals surface area contributed by atoms with Crippen LogP contribution in [0, 0.1) is 5.92 Å². The number of carbonyl (C=O) groups is 1. The van der Waals surface area contributed by atoms with Gasteiger partial charge in [-0.15, -0.1) is 5.10 Å². The average Bonchev–Trinajstić information content (AvgIpc) is 2.63. The SMILES string of the molecule is CCOC(=O)N1CCC(Nc2nncc(N3CCCC(C)C3)n2)CC1. The van der Waals surface area contributed by atoms with E-state index in [-0.39, 0.29) is 12.1 Å². The van der Waals surface area contributed by atoms with Crippen LogP contribution in [0.4, 0.5) is 16.6 Å². The van der Waals surface area contributed by atoms with Crippen LogP contribution in [0.3, 0.4) is 0 Å². The van der Waals surface area contributed by atoms with Gasteiger partial charge in [0.2, 0.25) is 5.95 Å². The minimum Gasteiger partial charge on any atom is -0.450 e. The first-order chi connectivity index (χ1) is 12.2. The molecule has 2 aliphatic heterocycles. The van der Waals surface area contributed by atoms with Gasteiger partial charge >= 0.3 is 6.09 Å². The van der Waals surface area contributed by atoms with Crippen molar-refractivity contribution in [1.82, 2.24) is 20.1 Å². The Morgan fingerprint density at radius 1 is 1.32 bits per heavy atom. The van der Waals surface area contributed by atoms with E-state index in [4.69, 9.17) is 4.74 Å². The number of rotatable bonds is 4. The zero-order chi connectivity index (χ0) is 17.6. The topological polar surface area (TPSA) is 83.5 Å². The normalized spacial score (nSPS) is 21.9. The minimum absolute atomic E-state index is 0.222. The summed E-state index contributed by atoms with van der Waals surface area (Å²) in [6, 6.07) is 0.253. The molecule has 0 radical (unpaired) electrons. The molecule has 1 aromatic heterocycles.